The molecule has 0 spiro atoms. The number of likely N-dealkylation sites (tertiary alicyclic amines) is 1. The third-order valence-electron chi connectivity index (χ3n) is 5.24. The van der Waals surface area contributed by atoms with Gasteiger partial charge in [0.05, 0.1) is 0 Å². The summed E-state index contributed by atoms with van der Waals surface area (Å²) in [6.07, 6.45) is 10.6. The van der Waals surface area contributed by atoms with E-state index in [0.29, 0.717) is 12.0 Å². The van der Waals surface area contributed by atoms with Crippen LogP contribution >= 0.6 is 0 Å². The van der Waals surface area contributed by atoms with Gasteiger partial charge in [-0.1, -0.05) is 39.5 Å². The molecule has 0 amide bonds. The maximum Gasteiger partial charge on any atom is 0.0499 e. The van der Waals surface area contributed by atoms with Gasteiger partial charge < -0.3 is 10.0 Å². The Balaban J connectivity index is 1.83. The Bertz CT molecular complexity index is 244. The zero-order valence-electron chi connectivity index (χ0n) is 12.4. The van der Waals surface area contributed by atoms with Crippen molar-refractivity contribution in [3.63, 3.8) is 0 Å². The Morgan fingerprint density at radius 1 is 0.944 bits per heavy atom. The van der Waals surface area contributed by atoms with Crippen LogP contribution in [0.5, 0.6) is 0 Å². The summed E-state index contributed by atoms with van der Waals surface area (Å²) < 4.78 is 0. The van der Waals surface area contributed by atoms with E-state index in [2.05, 4.69) is 18.7 Å². The molecule has 0 radical (unpaired) electrons. The van der Waals surface area contributed by atoms with Crippen molar-refractivity contribution in [2.24, 2.45) is 10.8 Å². The van der Waals surface area contributed by atoms with Crippen molar-refractivity contribution in [3.8, 4) is 0 Å². The molecule has 2 rings (SSSR count). The molecule has 0 aromatic carbocycles. The second-order valence-corrected chi connectivity index (χ2v) is 7.01. The summed E-state index contributed by atoms with van der Waals surface area (Å²) in [6.45, 7) is 8.75. The van der Waals surface area contributed by atoms with Gasteiger partial charge in [0, 0.05) is 31.7 Å². The lowest BCUT2D eigenvalue weighted by atomic mass is 9.71. The van der Waals surface area contributed by atoms with Crippen LogP contribution in [-0.4, -0.2) is 36.2 Å². The predicted molar refractivity (Wildman–Crippen MR) is 76.7 cm³/mol. The van der Waals surface area contributed by atoms with Gasteiger partial charge in [0.25, 0.3) is 0 Å². The van der Waals surface area contributed by atoms with Gasteiger partial charge in [-0.2, -0.15) is 0 Å². The molecule has 1 N–H and O–H groups in total. The molecule has 0 atom stereocenters. The summed E-state index contributed by atoms with van der Waals surface area (Å²) in [5, 5.41) is 9.70. The quantitative estimate of drug-likeness (QED) is 0.751. The average molecular weight is 253 g/mol. The summed E-state index contributed by atoms with van der Waals surface area (Å²) >= 11 is 0. The summed E-state index contributed by atoms with van der Waals surface area (Å²) in [5.41, 5.74) is 0.878. The molecule has 2 aliphatic rings. The number of hydrogen-bond acceptors (Lipinski definition) is 2. The first-order valence-corrected chi connectivity index (χ1v) is 8.01. The van der Waals surface area contributed by atoms with Gasteiger partial charge in [-0.05, 0) is 31.1 Å². The van der Waals surface area contributed by atoms with Gasteiger partial charge in [0.15, 0.2) is 0 Å². The Morgan fingerprint density at radius 3 is 1.94 bits per heavy atom. The van der Waals surface area contributed by atoms with Crippen molar-refractivity contribution in [2.45, 2.75) is 65.2 Å². The van der Waals surface area contributed by atoms with Crippen LogP contribution in [0.2, 0.25) is 0 Å². The second kappa shape index (κ2) is 5.92. The van der Waals surface area contributed by atoms with Crippen molar-refractivity contribution in [2.75, 3.05) is 26.2 Å². The lowest BCUT2D eigenvalue weighted by molar-refractivity contribution is -0.0500. The van der Waals surface area contributed by atoms with E-state index in [-0.39, 0.29) is 5.41 Å². The first-order valence-electron chi connectivity index (χ1n) is 8.01. The predicted octanol–water partition coefficient (Wildman–Crippen LogP) is 3.44. The summed E-state index contributed by atoms with van der Waals surface area (Å²) in [7, 11) is 0. The summed E-state index contributed by atoms with van der Waals surface area (Å²) in [5.74, 6) is 0. The fourth-order valence-corrected chi connectivity index (χ4v) is 4.48. The van der Waals surface area contributed by atoms with E-state index in [1.807, 2.05) is 0 Å². The highest BCUT2D eigenvalue weighted by atomic mass is 16.3. The smallest absolute Gasteiger partial charge is 0.0499 e. The molecule has 1 saturated carbocycles. The van der Waals surface area contributed by atoms with Crippen LogP contribution < -0.4 is 0 Å². The number of rotatable bonds is 7. The largest absolute Gasteiger partial charge is 0.396 e. The van der Waals surface area contributed by atoms with Crippen LogP contribution in [0.3, 0.4) is 0 Å². The van der Waals surface area contributed by atoms with Crippen LogP contribution in [0.25, 0.3) is 0 Å². The van der Waals surface area contributed by atoms with E-state index in [1.54, 1.807) is 0 Å². The Labute approximate surface area is 113 Å². The standard InChI is InChI=1S/C16H31NO/c1-3-7-15(8-4-2)11-17(12-15)13-16(14-18)9-5-6-10-16/h18H,3-14H2,1-2H3. The number of nitrogens with zero attached hydrogens (tertiary/aromatic N) is 1. The number of aliphatic hydroxyl groups excluding tert-OH is 1. The molecule has 1 heterocycles. The van der Waals surface area contributed by atoms with Gasteiger partial charge in [-0.15, -0.1) is 0 Å². The molecule has 0 bridgehead atoms. The minimum atomic E-state index is 0.255. The molecule has 1 aliphatic carbocycles. The molecule has 2 heteroatoms. The molecule has 2 nitrogen and oxygen atoms in total. The van der Waals surface area contributed by atoms with Crippen LogP contribution in [-0.2, 0) is 0 Å². The fraction of sp³-hybridized carbons (Fsp3) is 1.00. The van der Waals surface area contributed by atoms with Gasteiger partial charge in [-0.3, -0.25) is 0 Å². The van der Waals surface area contributed by atoms with E-state index in [9.17, 15) is 5.11 Å². The lowest BCUT2D eigenvalue weighted by Gasteiger charge is -2.53. The van der Waals surface area contributed by atoms with Gasteiger partial charge in [-0.25, -0.2) is 0 Å². The minimum absolute atomic E-state index is 0.255. The van der Waals surface area contributed by atoms with Gasteiger partial charge in [0.1, 0.15) is 0 Å². The first-order chi connectivity index (χ1) is 8.67. The maximum absolute atomic E-state index is 9.70. The second-order valence-electron chi connectivity index (χ2n) is 7.01. The molecular weight excluding hydrogens is 222 g/mol. The average Bonchev–Trinajstić information content (AvgIpc) is 2.77. The highest BCUT2D eigenvalue weighted by Crippen LogP contribution is 2.44. The lowest BCUT2D eigenvalue weighted by Crippen LogP contribution is -2.58. The normalized spacial score (nSPS) is 26.2. The van der Waals surface area contributed by atoms with Crippen molar-refractivity contribution in [3.05, 3.63) is 0 Å². The van der Waals surface area contributed by atoms with E-state index in [0.717, 1.165) is 6.54 Å². The van der Waals surface area contributed by atoms with Crippen molar-refractivity contribution in [1.29, 1.82) is 0 Å². The fourth-order valence-electron chi connectivity index (χ4n) is 4.48. The summed E-state index contributed by atoms with van der Waals surface area (Å²) in [4.78, 5) is 2.62. The van der Waals surface area contributed by atoms with Crippen LogP contribution in [0, 0.1) is 10.8 Å². The van der Waals surface area contributed by atoms with Crippen LogP contribution in [0.1, 0.15) is 65.2 Å². The molecule has 0 aromatic rings. The number of aliphatic hydroxyl groups is 1. The van der Waals surface area contributed by atoms with Crippen molar-refractivity contribution >= 4 is 0 Å². The first kappa shape index (κ1) is 14.3. The van der Waals surface area contributed by atoms with Gasteiger partial charge >= 0.3 is 0 Å². The molecule has 106 valence electrons. The molecule has 1 saturated heterocycles. The van der Waals surface area contributed by atoms with E-state index in [4.69, 9.17) is 0 Å². The van der Waals surface area contributed by atoms with E-state index in [1.165, 1.54) is 64.5 Å². The van der Waals surface area contributed by atoms with Gasteiger partial charge in [0.2, 0.25) is 0 Å². The van der Waals surface area contributed by atoms with Crippen molar-refractivity contribution in [1.82, 2.24) is 4.90 Å². The third-order valence-corrected chi connectivity index (χ3v) is 5.24. The van der Waals surface area contributed by atoms with E-state index < -0.39 is 0 Å². The Morgan fingerprint density at radius 2 is 1.50 bits per heavy atom. The van der Waals surface area contributed by atoms with Crippen LogP contribution in [0.15, 0.2) is 0 Å². The minimum Gasteiger partial charge on any atom is -0.396 e. The zero-order valence-corrected chi connectivity index (χ0v) is 12.4. The third kappa shape index (κ3) is 2.91. The maximum atomic E-state index is 9.70. The molecule has 0 aromatic heterocycles. The molecule has 2 fully saturated rings. The molecule has 18 heavy (non-hydrogen) atoms. The molecule has 0 unspecified atom stereocenters. The highest BCUT2D eigenvalue weighted by Gasteiger charge is 2.45. The summed E-state index contributed by atoms with van der Waals surface area (Å²) in [6, 6.07) is 0. The molecule has 1 aliphatic heterocycles. The van der Waals surface area contributed by atoms with E-state index >= 15 is 0 Å². The highest BCUT2D eigenvalue weighted by molar-refractivity contribution is 4.98. The number of hydrogen-bond donors (Lipinski definition) is 1. The molecular formula is C16H31NO. The van der Waals surface area contributed by atoms with Crippen molar-refractivity contribution < 1.29 is 5.11 Å². The SMILES string of the molecule is CCCC1(CCC)CN(CC2(CO)CCCC2)C1. The monoisotopic (exact) mass is 253 g/mol. The zero-order chi connectivity index (χ0) is 13.1. The topological polar surface area (TPSA) is 23.5 Å². The Kier molecular flexibility index (Phi) is 4.71. The Hall–Kier alpha value is -0.0800. The van der Waals surface area contributed by atoms with Crippen LogP contribution in [0.4, 0.5) is 0 Å².